The molecule has 0 radical (unpaired) electrons. The van der Waals surface area contributed by atoms with Gasteiger partial charge in [-0.25, -0.2) is 9.59 Å². The number of benzene rings is 2. The number of fused-ring (bicyclic) bond motifs is 4. The van der Waals surface area contributed by atoms with Crippen LogP contribution in [0, 0.1) is 0 Å². The average molecular weight is 392 g/mol. The van der Waals surface area contributed by atoms with Crippen LogP contribution in [0.3, 0.4) is 0 Å². The second-order valence-electron chi connectivity index (χ2n) is 6.70. The first-order valence-electron chi connectivity index (χ1n) is 9.19. The van der Waals surface area contributed by atoms with Crippen LogP contribution in [-0.4, -0.2) is 18.0 Å². The van der Waals surface area contributed by atoms with Crippen molar-refractivity contribution in [3.63, 3.8) is 0 Å². The minimum Gasteiger partial charge on any atom is -0.507 e. The van der Waals surface area contributed by atoms with Crippen LogP contribution in [0.25, 0.3) is 21.9 Å². The van der Waals surface area contributed by atoms with E-state index < -0.39 is 23.5 Å². The quantitative estimate of drug-likeness (QED) is 0.533. The van der Waals surface area contributed by atoms with Gasteiger partial charge in [-0.1, -0.05) is 24.3 Å². The Balaban J connectivity index is 1.84. The molecule has 0 saturated heterocycles. The molecule has 2 aromatic carbocycles. The third kappa shape index (κ3) is 2.55. The zero-order valence-electron chi connectivity index (χ0n) is 15.4. The molecule has 5 rings (SSSR count). The lowest BCUT2D eigenvalue weighted by molar-refractivity contribution is -0.0698. The third-order valence-corrected chi connectivity index (χ3v) is 5.08. The molecule has 146 valence electrons. The minimum absolute atomic E-state index is 0.0940. The Kier molecular flexibility index (Phi) is 3.92. The molecule has 0 spiro atoms. The second kappa shape index (κ2) is 6.49. The monoisotopic (exact) mass is 392 g/mol. The van der Waals surface area contributed by atoms with E-state index in [0.717, 1.165) is 0 Å². The molecule has 1 aliphatic rings. The Hall–Kier alpha value is -3.58. The van der Waals surface area contributed by atoms with Crippen LogP contribution in [-0.2, 0) is 4.74 Å². The van der Waals surface area contributed by atoms with Crippen molar-refractivity contribution in [3.8, 4) is 11.5 Å². The summed E-state index contributed by atoms with van der Waals surface area (Å²) >= 11 is 0. The predicted molar refractivity (Wildman–Crippen MR) is 105 cm³/mol. The first-order valence-corrected chi connectivity index (χ1v) is 9.19. The van der Waals surface area contributed by atoms with E-state index in [1.54, 1.807) is 55.5 Å². The van der Waals surface area contributed by atoms with Gasteiger partial charge in [-0.05, 0) is 31.2 Å². The molecule has 0 saturated carbocycles. The van der Waals surface area contributed by atoms with Crippen molar-refractivity contribution in [3.05, 3.63) is 80.5 Å². The van der Waals surface area contributed by atoms with E-state index in [1.807, 2.05) is 0 Å². The Morgan fingerprint density at radius 3 is 2.17 bits per heavy atom. The molecule has 0 bridgehead atoms. The van der Waals surface area contributed by atoms with E-state index in [-0.39, 0.29) is 34.8 Å². The van der Waals surface area contributed by atoms with Gasteiger partial charge >= 0.3 is 11.3 Å². The van der Waals surface area contributed by atoms with E-state index in [2.05, 4.69) is 0 Å². The highest BCUT2D eigenvalue weighted by Crippen LogP contribution is 2.46. The topological polar surface area (TPSA) is 99.1 Å². The molecule has 3 heterocycles. The zero-order chi connectivity index (χ0) is 20.1. The molecule has 1 N–H and O–H groups in total. The van der Waals surface area contributed by atoms with Crippen LogP contribution in [0.4, 0.5) is 0 Å². The highest BCUT2D eigenvalue weighted by molar-refractivity contribution is 5.87. The van der Waals surface area contributed by atoms with E-state index in [1.165, 1.54) is 0 Å². The molecule has 29 heavy (non-hydrogen) atoms. The van der Waals surface area contributed by atoms with Gasteiger partial charge < -0.3 is 23.4 Å². The van der Waals surface area contributed by atoms with Crippen molar-refractivity contribution in [2.45, 2.75) is 19.1 Å². The van der Waals surface area contributed by atoms with Gasteiger partial charge in [-0.2, -0.15) is 0 Å². The van der Waals surface area contributed by atoms with Crippen LogP contribution < -0.4 is 16.0 Å². The summed E-state index contributed by atoms with van der Waals surface area (Å²) < 4.78 is 22.5. The van der Waals surface area contributed by atoms with E-state index >= 15 is 0 Å². The third-order valence-electron chi connectivity index (χ3n) is 5.08. The summed E-state index contributed by atoms with van der Waals surface area (Å²) in [6.07, 6.45) is -0.987. The molecular weight excluding hydrogens is 376 g/mol. The fourth-order valence-corrected chi connectivity index (χ4v) is 3.85. The van der Waals surface area contributed by atoms with Crippen molar-refractivity contribution in [2.24, 2.45) is 0 Å². The Labute approximate surface area is 163 Å². The molecule has 2 unspecified atom stereocenters. The summed E-state index contributed by atoms with van der Waals surface area (Å²) in [6, 6.07) is 13.6. The van der Waals surface area contributed by atoms with Crippen LogP contribution in [0.2, 0.25) is 0 Å². The van der Waals surface area contributed by atoms with Crippen molar-refractivity contribution >= 4 is 21.9 Å². The first kappa shape index (κ1) is 17.5. The van der Waals surface area contributed by atoms with Crippen LogP contribution >= 0.6 is 0 Å². The second-order valence-corrected chi connectivity index (χ2v) is 6.70. The van der Waals surface area contributed by atoms with Crippen LogP contribution in [0.1, 0.15) is 24.0 Å². The van der Waals surface area contributed by atoms with Crippen molar-refractivity contribution in [1.29, 1.82) is 0 Å². The van der Waals surface area contributed by atoms with Gasteiger partial charge in [0.1, 0.15) is 22.7 Å². The van der Waals surface area contributed by atoms with Crippen molar-refractivity contribution in [1.82, 2.24) is 0 Å². The summed E-state index contributed by atoms with van der Waals surface area (Å²) in [6.45, 7) is 2.05. The van der Waals surface area contributed by atoms with Crippen LogP contribution in [0.5, 0.6) is 11.5 Å². The molecular formula is C22H16O7. The molecule has 1 aliphatic heterocycles. The fourth-order valence-electron chi connectivity index (χ4n) is 3.85. The average Bonchev–Trinajstić information content (AvgIpc) is 3.08. The standard InChI is InChI=1S/C22H16O7/c1-2-26-22-15(16-18(23)11-7-3-5-9-13(11)27-20(16)24)17-19(29-22)12-8-4-6-10-14(12)28-21(17)25/h3-10,15,22-23H,2H2,1H3. The Morgan fingerprint density at radius 1 is 0.897 bits per heavy atom. The highest BCUT2D eigenvalue weighted by Gasteiger charge is 2.44. The van der Waals surface area contributed by atoms with Crippen molar-refractivity contribution in [2.75, 3.05) is 6.61 Å². The molecule has 0 aliphatic carbocycles. The van der Waals surface area contributed by atoms with Crippen LogP contribution in [0.15, 0.2) is 67.0 Å². The molecule has 2 aromatic heterocycles. The van der Waals surface area contributed by atoms with Crippen molar-refractivity contribution < 1.29 is 23.4 Å². The molecule has 7 nitrogen and oxygen atoms in total. The van der Waals surface area contributed by atoms with Gasteiger partial charge in [0, 0.05) is 6.61 Å². The smallest absolute Gasteiger partial charge is 0.344 e. The number of hydrogen-bond donors (Lipinski definition) is 1. The number of hydrogen-bond acceptors (Lipinski definition) is 7. The predicted octanol–water partition coefficient (Wildman–Crippen LogP) is 3.49. The summed E-state index contributed by atoms with van der Waals surface area (Å²) in [4.78, 5) is 25.6. The number of rotatable bonds is 3. The van der Waals surface area contributed by atoms with E-state index in [4.69, 9.17) is 18.3 Å². The zero-order valence-corrected chi connectivity index (χ0v) is 15.4. The van der Waals surface area contributed by atoms with Gasteiger partial charge in [-0.15, -0.1) is 0 Å². The maximum Gasteiger partial charge on any atom is 0.344 e. The summed E-state index contributed by atoms with van der Waals surface area (Å²) in [7, 11) is 0. The molecule has 7 heteroatoms. The highest BCUT2D eigenvalue weighted by atomic mass is 16.7. The number of para-hydroxylation sites is 2. The Morgan fingerprint density at radius 2 is 1.48 bits per heavy atom. The molecule has 4 aromatic rings. The summed E-state index contributed by atoms with van der Waals surface area (Å²) in [5.74, 6) is -0.977. The maximum absolute atomic E-state index is 12.8. The number of aromatic hydroxyl groups is 1. The SMILES string of the molecule is CCOC1Oc2c(c(=O)oc3ccccc23)C1c1c(O)c2ccccc2oc1=O. The molecule has 2 atom stereocenters. The largest absolute Gasteiger partial charge is 0.507 e. The first-order chi connectivity index (χ1) is 14.1. The Bertz CT molecular complexity index is 1370. The number of ether oxygens (including phenoxy) is 2. The lowest BCUT2D eigenvalue weighted by atomic mass is 9.92. The maximum atomic E-state index is 12.8. The van der Waals surface area contributed by atoms with Gasteiger partial charge in [0.05, 0.1) is 27.8 Å². The van der Waals surface area contributed by atoms with E-state index in [0.29, 0.717) is 16.4 Å². The van der Waals surface area contributed by atoms with Gasteiger partial charge in [-0.3, -0.25) is 0 Å². The lowest BCUT2D eigenvalue weighted by Gasteiger charge is -2.19. The molecule has 0 amide bonds. The van der Waals surface area contributed by atoms with Gasteiger partial charge in [0.25, 0.3) is 0 Å². The fraction of sp³-hybridized carbons (Fsp3) is 0.182. The van der Waals surface area contributed by atoms with Gasteiger partial charge in [0.2, 0.25) is 6.29 Å². The molecule has 0 fully saturated rings. The summed E-state index contributed by atoms with van der Waals surface area (Å²) in [5, 5.41) is 11.8. The van der Waals surface area contributed by atoms with Gasteiger partial charge in [0.15, 0.2) is 0 Å². The lowest BCUT2D eigenvalue weighted by Crippen LogP contribution is -2.29. The minimum atomic E-state index is -0.994. The normalized spacial score (nSPS) is 18.1. The summed E-state index contributed by atoms with van der Waals surface area (Å²) in [5.41, 5.74) is -0.778. The van der Waals surface area contributed by atoms with E-state index in [9.17, 15) is 14.7 Å².